The van der Waals surface area contributed by atoms with Gasteiger partial charge in [-0.15, -0.1) is 0 Å². The highest BCUT2D eigenvalue weighted by Crippen LogP contribution is 2.32. The van der Waals surface area contributed by atoms with Gasteiger partial charge in [-0.2, -0.15) is 0 Å². The molecule has 1 aromatic heterocycles. The summed E-state index contributed by atoms with van der Waals surface area (Å²) >= 11 is 0. The fraction of sp³-hybridized carbons (Fsp3) is 0.400. The summed E-state index contributed by atoms with van der Waals surface area (Å²) in [6, 6.07) is 7.12. The van der Waals surface area contributed by atoms with Crippen molar-refractivity contribution in [2.45, 2.75) is 32.4 Å². The number of nitrogens with zero attached hydrogens (tertiary/aromatic N) is 2. The van der Waals surface area contributed by atoms with Gasteiger partial charge in [-0.3, -0.25) is 9.59 Å². The van der Waals surface area contributed by atoms with Gasteiger partial charge in [0.2, 0.25) is 6.79 Å². The molecule has 142 valence electrons. The highest BCUT2D eigenvalue weighted by Gasteiger charge is 2.31. The lowest BCUT2D eigenvalue weighted by Gasteiger charge is -2.23. The highest BCUT2D eigenvalue weighted by atomic mass is 16.7. The number of rotatable bonds is 4. The molecule has 1 aromatic carbocycles. The number of ether oxygens (including phenoxy) is 2. The van der Waals surface area contributed by atoms with Crippen LogP contribution < -0.4 is 15.0 Å². The summed E-state index contributed by atoms with van der Waals surface area (Å²) < 4.78 is 12.2. The second-order valence-corrected chi connectivity index (χ2v) is 6.97. The molecule has 1 amide bonds. The maximum Gasteiger partial charge on any atom is 0.263 e. The monoisotopic (exact) mass is 370 g/mol. The molecular weight excluding hydrogens is 348 g/mol. The molecule has 2 aliphatic heterocycles. The van der Waals surface area contributed by atoms with Crippen LogP contribution in [0, 0.1) is 6.92 Å². The molecule has 2 aliphatic rings. The van der Waals surface area contributed by atoms with Gasteiger partial charge in [0.25, 0.3) is 11.5 Å². The van der Waals surface area contributed by atoms with Crippen molar-refractivity contribution in [3.63, 3.8) is 0 Å². The number of likely N-dealkylation sites (tertiary alicyclic amines) is 1. The SMILES string of the molecule is Cc1ccn(Cc2ccc3c(c2)OCO3)c(=O)c1C(=O)N1CCC[C@@H]1CO. The molecule has 0 aliphatic carbocycles. The van der Waals surface area contributed by atoms with Gasteiger partial charge < -0.3 is 24.0 Å². The molecule has 0 bridgehead atoms. The van der Waals surface area contributed by atoms with Gasteiger partial charge in [0.15, 0.2) is 11.5 Å². The van der Waals surface area contributed by atoms with Crippen LogP contribution in [0.4, 0.5) is 0 Å². The molecule has 2 aromatic rings. The van der Waals surface area contributed by atoms with Crippen LogP contribution in [0.5, 0.6) is 11.5 Å². The smallest absolute Gasteiger partial charge is 0.263 e. The van der Waals surface area contributed by atoms with Gasteiger partial charge >= 0.3 is 0 Å². The first-order valence-corrected chi connectivity index (χ1v) is 9.09. The molecule has 0 saturated carbocycles. The van der Waals surface area contributed by atoms with Crippen LogP contribution in [0.3, 0.4) is 0 Å². The molecule has 27 heavy (non-hydrogen) atoms. The molecule has 1 fully saturated rings. The molecule has 0 radical (unpaired) electrons. The van der Waals surface area contributed by atoms with E-state index in [2.05, 4.69) is 0 Å². The normalized spacial score (nSPS) is 18.1. The number of hydrogen-bond donors (Lipinski definition) is 1. The zero-order valence-corrected chi connectivity index (χ0v) is 15.2. The van der Waals surface area contributed by atoms with Gasteiger partial charge in [-0.1, -0.05) is 6.07 Å². The maximum absolute atomic E-state index is 13.0. The van der Waals surface area contributed by atoms with E-state index >= 15 is 0 Å². The van der Waals surface area contributed by atoms with Crippen LogP contribution in [0.25, 0.3) is 0 Å². The van der Waals surface area contributed by atoms with Gasteiger partial charge in [0, 0.05) is 12.7 Å². The topological polar surface area (TPSA) is 81.0 Å². The van der Waals surface area contributed by atoms with Crippen molar-refractivity contribution in [1.29, 1.82) is 0 Å². The van der Waals surface area contributed by atoms with Crippen LogP contribution >= 0.6 is 0 Å². The van der Waals surface area contributed by atoms with E-state index < -0.39 is 0 Å². The molecule has 4 rings (SSSR count). The number of aliphatic hydroxyl groups is 1. The van der Waals surface area contributed by atoms with E-state index in [1.54, 1.807) is 24.1 Å². The molecule has 3 heterocycles. The van der Waals surface area contributed by atoms with Crippen LogP contribution in [-0.4, -0.2) is 46.5 Å². The Bertz CT molecular complexity index is 936. The molecule has 1 N–H and O–H groups in total. The third-order valence-electron chi connectivity index (χ3n) is 5.23. The van der Waals surface area contributed by atoms with Crippen molar-refractivity contribution in [1.82, 2.24) is 9.47 Å². The lowest BCUT2D eigenvalue weighted by molar-refractivity contribution is 0.0674. The van der Waals surface area contributed by atoms with Crippen molar-refractivity contribution in [2.24, 2.45) is 0 Å². The molecule has 7 heteroatoms. The van der Waals surface area contributed by atoms with Crippen LogP contribution in [-0.2, 0) is 6.54 Å². The summed E-state index contributed by atoms with van der Waals surface area (Å²) in [4.78, 5) is 27.6. The minimum atomic E-state index is -0.318. The lowest BCUT2D eigenvalue weighted by Crippen LogP contribution is -2.41. The van der Waals surface area contributed by atoms with E-state index in [9.17, 15) is 14.7 Å². The summed E-state index contributed by atoms with van der Waals surface area (Å²) in [6.07, 6.45) is 3.31. The molecular formula is C20H22N2O5. The van der Waals surface area contributed by atoms with Gasteiger partial charge in [-0.05, 0) is 49.1 Å². The largest absolute Gasteiger partial charge is 0.454 e. The Balaban J connectivity index is 1.65. The van der Waals surface area contributed by atoms with Crippen LogP contribution in [0.1, 0.15) is 34.3 Å². The third-order valence-corrected chi connectivity index (χ3v) is 5.23. The minimum absolute atomic E-state index is 0.0803. The van der Waals surface area contributed by atoms with Crippen LogP contribution in [0.2, 0.25) is 0 Å². The first-order chi connectivity index (χ1) is 13.1. The van der Waals surface area contributed by atoms with E-state index in [1.807, 2.05) is 18.2 Å². The van der Waals surface area contributed by atoms with Crippen LogP contribution in [0.15, 0.2) is 35.3 Å². The van der Waals surface area contributed by atoms with Gasteiger partial charge in [0.05, 0.1) is 19.2 Å². The Morgan fingerprint density at radius 2 is 2.07 bits per heavy atom. The molecule has 1 atom stereocenters. The number of pyridine rings is 1. The van der Waals surface area contributed by atoms with Crippen molar-refractivity contribution in [2.75, 3.05) is 19.9 Å². The van der Waals surface area contributed by atoms with Crippen molar-refractivity contribution >= 4 is 5.91 Å². The summed E-state index contributed by atoms with van der Waals surface area (Å²) in [5, 5.41) is 9.50. The minimum Gasteiger partial charge on any atom is -0.454 e. The number of fused-ring (bicyclic) bond motifs is 1. The molecule has 0 spiro atoms. The summed E-state index contributed by atoms with van der Waals surface area (Å²) in [6.45, 7) is 2.79. The van der Waals surface area contributed by atoms with E-state index in [-0.39, 0.29) is 36.5 Å². The number of aromatic nitrogens is 1. The quantitative estimate of drug-likeness (QED) is 0.883. The molecule has 0 unspecified atom stereocenters. The third kappa shape index (κ3) is 3.19. The Kier molecular flexibility index (Phi) is 4.61. The summed E-state index contributed by atoms with van der Waals surface area (Å²) in [5.74, 6) is 1.05. The lowest BCUT2D eigenvalue weighted by atomic mass is 10.1. The van der Waals surface area contributed by atoms with E-state index in [1.165, 1.54) is 4.57 Å². The fourth-order valence-electron chi connectivity index (χ4n) is 3.72. The van der Waals surface area contributed by atoms with Gasteiger partial charge in [-0.25, -0.2) is 0 Å². The second-order valence-electron chi connectivity index (χ2n) is 6.97. The Morgan fingerprint density at radius 3 is 2.89 bits per heavy atom. The highest BCUT2D eigenvalue weighted by molar-refractivity contribution is 5.95. The average Bonchev–Trinajstić information content (AvgIpc) is 3.32. The number of aryl methyl sites for hydroxylation is 1. The summed E-state index contributed by atoms with van der Waals surface area (Å²) in [7, 11) is 0. The molecule has 7 nitrogen and oxygen atoms in total. The number of hydrogen-bond acceptors (Lipinski definition) is 5. The van der Waals surface area contributed by atoms with Crippen molar-refractivity contribution in [3.05, 3.63) is 57.5 Å². The van der Waals surface area contributed by atoms with Crippen molar-refractivity contribution in [3.8, 4) is 11.5 Å². The predicted octanol–water partition coefficient (Wildman–Crippen LogP) is 1.53. The number of carbonyl (C=O) groups is 1. The zero-order valence-electron chi connectivity index (χ0n) is 15.2. The van der Waals surface area contributed by atoms with E-state index in [4.69, 9.17) is 9.47 Å². The number of benzene rings is 1. The number of aliphatic hydroxyl groups excluding tert-OH is 1. The second kappa shape index (κ2) is 7.08. The molecule has 1 saturated heterocycles. The average molecular weight is 370 g/mol. The Labute approximate surface area is 156 Å². The fourth-order valence-corrected chi connectivity index (χ4v) is 3.72. The predicted molar refractivity (Wildman–Crippen MR) is 98.3 cm³/mol. The van der Waals surface area contributed by atoms with Crippen molar-refractivity contribution < 1.29 is 19.4 Å². The Morgan fingerprint density at radius 1 is 1.26 bits per heavy atom. The van der Waals surface area contributed by atoms with Gasteiger partial charge in [0.1, 0.15) is 5.56 Å². The summed E-state index contributed by atoms with van der Waals surface area (Å²) in [5.41, 5.74) is 1.40. The van der Waals surface area contributed by atoms with E-state index in [0.29, 0.717) is 30.2 Å². The van der Waals surface area contributed by atoms with E-state index in [0.717, 1.165) is 18.4 Å². The first-order valence-electron chi connectivity index (χ1n) is 9.09. The standard InChI is InChI=1S/C20H22N2O5/c1-13-6-8-21(10-14-4-5-16-17(9-14)27-12-26-16)19(24)18(13)20(25)22-7-2-3-15(22)11-23/h4-6,8-9,15,23H,2-3,7,10-12H2,1H3/t15-/m1/s1. The zero-order chi connectivity index (χ0) is 19.0. The Hall–Kier alpha value is -2.80. The number of carbonyl (C=O) groups excluding carboxylic acids is 1. The first kappa shape index (κ1) is 17.6. The number of amides is 1. The maximum atomic E-state index is 13.0.